The molecule has 4 aromatic rings. The quantitative estimate of drug-likeness (QED) is 0.569. The van der Waals surface area contributed by atoms with Gasteiger partial charge in [0, 0.05) is 29.2 Å². The lowest BCUT2D eigenvalue weighted by Gasteiger charge is -2.10. The Labute approximate surface area is 162 Å². The summed E-state index contributed by atoms with van der Waals surface area (Å²) in [4.78, 5) is 17.4. The second kappa shape index (κ2) is 7.01. The summed E-state index contributed by atoms with van der Waals surface area (Å²) in [5.41, 5.74) is 6.37. The zero-order valence-electron chi connectivity index (χ0n) is 15.6. The maximum Gasteiger partial charge on any atom is 0.255 e. The molecule has 28 heavy (non-hydrogen) atoms. The third-order valence-corrected chi connectivity index (χ3v) is 4.71. The van der Waals surface area contributed by atoms with E-state index in [4.69, 9.17) is 10.2 Å². The van der Waals surface area contributed by atoms with E-state index in [1.807, 2.05) is 61.0 Å². The van der Waals surface area contributed by atoms with Gasteiger partial charge in [-0.25, -0.2) is 4.98 Å². The number of carbonyl (C=O) groups is 1. The van der Waals surface area contributed by atoms with Gasteiger partial charge in [0.05, 0.1) is 17.3 Å². The summed E-state index contributed by atoms with van der Waals surface area (Å²) in [6, 6.07) is 18.6. The molecular formula is C23H18N4O. The van der Waals surface area contributed by atoms with Crippen LogP contribution in [-0.4, -0.2) is 15.3 Å². The van der Waals surface area contributed by atoms with E-state index in [-0.39, 0.29) is 5.91 Å². The lowest BCUT2D eigenvalue weighted by molar-refractivity contribution is 0.102. The molecule has 1 amide bonds. The molecular weight excluding hydrogens is 348 g/mol. The highest BCUT2D eigenvalue weighted by Gasteiger charge is 2.12. The Kier molecular flexibility index (Phi) is 4.38. The lowest BCUT2D eigenvalue weighted by atomic mass is 10.1. The predicted molar refractivity (Wildman–Crippen MR) is 109 cm³/mol. The van der Waals surface area contributed by atoms with Gasteiger partial charge in [-0.05, 0) is 55.3 Å². The van der Waals surface area contributed by atoms with Crippen molar-refractivity contribution in [2.24, 2.45) is 0 Å². The monoisotopic (exact) mass is 366 g/mol. The van der Waals surface area contributed by atoms with Gasteiger partial charge < -0.3 is 9.72 Å². The van der Waals surface area contributed by atoms with Crippen molar-refractivity contribution in [2.75, 3.05) is 5.32 Å². The highest BCUT2D eigenvalue weighted by Crippen LogP contribution is 2.26. The van der Waals surface area contributed by atoms with Crippen molar-refractivity contribution in [3.05, 3.63) is 89.2 Å². The molecule has 2 aromatic heterocycles. The minimum atomic E-state index is -0.247. The lowest BCUT2D eigenvalue weighted by Crippen LogP contribution is -2.13. The molecule has 5 nitrogen and oxygen atoms in total. The average Bonchev–Trinajstić information content (AvgIpc) is 3.15. The van der Waals surface area contributed by atoms with Crippen LogP contribution in [0.3, 0.4) is 0 Å². The van der Waals surface area contributed by atoms with Crippen molar-refractivity contribution >= 4 is 17.2 Å². The Morgan fingerprint density at radius 3 is 2.71 bits per heavy atom. The molecule has 0 bridgehead atoms. The predicted octanol–water partition coefficient (Wildman–Crippen LogP) is 4.74. The number of nitrogens with zero attached hydrogens (tertiary/aromatic N) is 3. The first-order valence-electron chi connectivity index (χ1n) is 8.92. The van der Waals surface area contributed by atoms with Gasteiger partial charge >= 0.3 is 0 Å². The summed E-state index contributed by atoms with van der Waals surface area (Å²) >= 11 is 0. The van der Waals surface area contributed by atoms with Gasteiger partial charge in [0.25, 0.3) is 5.91 Å². The van der Waals surface area contributed by atoms with Gasteiger partial charge in [0.2, 0.25) is 0 Å². The number of nitrogens with one attached hydrogen (secondary N) is 1. The standard InChI is InChI=1S/C23H18N4O/c1-15-8-9-18(21-14-27-10-4-5-16(2)22(27)25-21)12-20(15)26-23(28)19-7-3-6-17(11-19)13-24/h3-12,14H,1-2H3,(H,26,28). The van der Waals surface area contributed by atoms with E-state index in [9.17, 15) is 4.79 Å². The van der Waals surface area contributed by atoms with Crippen LogP contribution in [0, 0.1) is 25.2 Å². The van der Waals surface area contributed by atoms with Gasteiger partial charge in [-0.1, -0.05) is 24.3 Å². The average molecular weight is 366 g/mol. The SMILES string of the molecule is Cc1ccc(-c2cn3cccc(C)c3n2)cc1NC(=O)c1cccc(C#N)c1. The number of aromatic nitrogens is 2. The van der Waals surface area contributed by atoms with E-state index >= 15 is 0 Å². The molecule has 1 N–H and O–H groups in total. The number of nitriles is 1. The van der Waals surface area contributed by atoms with Crippen LogP contribution in [0.25, 0.3) is 16.9 Å². The molecule has 4 rings (SSSR count). The van der Waals surface area contributed by atoms with Gasteiger partial charge in [0.1, 0.15) is 5.65 Å². The van der Waals surface area contributed by atoms with Crippen LogP contribution in [0.2, 0.25) is 0 Å². The highest BCUT2D eigenvalue weighted by atomic mass is 16.1. The topological polar surface area (TPSA) is 70.2 Å². The van der Waals surface area contributed by atoms with E-state index in [1.54, 1.807) is 24.3 Å². The number of hydrogen-bond acceptors (Lipinski definition) is 3. The number of carbonyl (C=O) groups excluding carboxylic acids is 1. The Morgan fingerprint density at radius 1 is 1.07 bits per heavy atom. The van der Waals surface area contributed by atoms with Crippen molar-refractivity contribution in [2.45, 2.75) is 13.8 Å². The number of imidazole rings is 1. The molecule has 0 radical (unpaired) electrons. The fourth-order valence-electron chi connectivity index (χ4n) is 3.13. The summed E-state index contributed by atoms with van der Waals surface area (Å²) in [6.07, 6.45) is 3.95. The normalized spacial score (nSPS) is 10.6. The minimum Gasteiger partial charge on any atom is -0.322 e. The van der Waals surface area contributed by atoms with E-state index in [0.717, 1.165) is 33.7 Å². The second-order valence-corrected chi connectivity index (χ2v) is 6.72. The Bertz CT molecular complexity index is 1250. The molecule has 5 heteroatoms. The Hall–Kier alpha value is -3.91. The van der Waals surface area contributed by atoms with Crippen LogP contribution in [-0.2, 0) is 0 Å². The summed E-state index contributed by atoms with van der Waals surface area (Å²) in [5, 5.41) is 12.0. The van der Waals surface area contributed by atoms with Crippen molar-refractivity contribution in [3.63, 3.8) is 0 Å². The molecule has 0 unspecified atom stereocenters. The number of fused-ring (bicyclic) bond motifs is 1. The van der Waals surface area contributed by atoms with E-state index in [1.165, 1.54) is 0 Å². The first-order valence-corrected chi connectivity index (χ1v) is 8.92. The minimum absolute atomic E-state index is 0.247. The molecule has 0 aliphatic heterocycles. The number of amides is 1. The number of pyridine rings is 1. The number of hydrogen-bond donors (Lipinski definition) is 1. The zero-order chi connectivity index (χ0) is 19.7. The summed E-state index contributed by atoms with van der Waals surface area (Å²) in [7, 11) is 0. The van der Waals surface area contributed by atoms with Crippen LogP contribution in [0.5, 0.6) is 0 Å². The van der Waals surface area contributed by atoms with Gasteiger partial charge in [-0.2, -0.15) is 5.26 Å². The largest absolute Gasteiger partial charge is 0.322 e. The van der Waals surface area contributed by atoms with Crippen LogP contribution in [0.15, 0.2) is 67.0 Å². The van der Waals surface area contributed by atoms with E-state index < -0.39 is 0 Å². The first-order chi connectivity index (χ1) is 13.5. The zero-order valence-corrected chi connectivity index (χ0v) is 15.6. The molecule has 2 heterocycles. The molecule has 2 aromatic carbocycles. The van der Waals surface area contributed by atoms with Crippen LogP contribution >= 0.6 is 0 Å². The Morgan fingerprint density at radius 2 is 1.93 bits per heavy atom. The van der Waals surface area contributed by atoms with Crippen molar-refractivity contribution in [1.29, 1.82) is 5.26 Å². The van der Waals surface area contributed by atoms with Crippen LogP contribution in [0.4, 0.5) is 5.69 Å². The Balaban J connectivity index is 1.67. The van der Waals surface area contributed by atoms with Crippen LogP contribution in [0.1, 0.15) is 27.0 Å². The second-order valence-electron chi connectivity index (χ2n) is 6.72. The fourth-order valence-corrected chi connectivity index (χ4v) is 3.13. The number of benzene rings is 2. The molecule has 0 saturated carbocycles. The van der Waals surface area contributed by atoms with Crippen LogP contribution < -0.4 is 5.32 Å². The summed E-state index contributed by atoms with van der Waals surface area (Å²) in [5.74, 6) is -0.247. The maximum absolute atomic E-state index is 12.6. The highest BCUT2D eigenvalue weighted by molar-refractivity contribution is 6.05. The maximum atomic E-state index is 12.6. The number of anilines is 1. The molecule has 136 valence electrons. The number of rotatable bonds is 3. The van der Waals surface area contributed by atoms with Crippen molar-refractivity contribution < 1.29 is 4.79 Å². The van der Waals surface area contributed by atoms with Crippen molar-refractivity contribution in [1.82, 2.24) is 9.38 Å². The summed E-state index contributed by atoms with van der Waals surface area (Å²) < 4.78 is 2.00. The van der Waals surface area contributed by atoms with Gasteiger partial charge in [-0.3, -0.25) is 4.79 Å². The molecule has 0 saturated heterocycles. The molecule has 0 fully saturated rings. The smallest absolute Gasteiger partial charge is 0.255 e. The van der Waals surface area contributed by atoms with Gasteiger partial charge in [-0.15, -0.1) is 0 Å². The molecule has 0 aliphatic carbocycles. The number of aryl methyl sites for hydroxylation is 2. The van der Waals surface area contributed by atoms with E-state index in [0.29, 0.717) is 11.1 Å². The third kappa shape index (κ3) is 3.24. The van der Waals surface area contributed by atoms with Gasteiger partial charge in [0.15, 0.2) is 0 Å². The fraction of sp³-hybridized carbons (Fsp3) is 0.0870. The first kappa shape index (κ1) is 17.5. The molecule has 0 spiro atoms. The summed E-state index contributed by atoms with van der Waals surface area (Å²) in [6.45, 7) is 3.97. The van der Waals surface area contributed by atoms with E-state index in [2.05, 4.69) is 11.4 Å². The molecule has 0 aliphatic rings. The van der Waals surface area contributed by atoms with Crippen molar-refractivity contribution in [3.8, 4) is 17.3 Å². The molecule has 0 atom stereocenters. The third-order valence-electron chi connectivity index (χ3n) is 4.71.